The normalized spacial score (nSPS) is 17.2. The maximum Gasteiger partial charge on any atom is 0.264 e. The Morgan fingerprint density at radius 3 is 2.36 bits per heavy atom. The molecule has 2 aromatic rings. The van der Waals surface area contributed by atoms with Crippen molar-refractivity contribution in [2.45, 2.75) is 13.3 Å². The number of carbonyl (C=O) groups is 1. The van der Waals surface area contributed by atoms with Crippen LogP contribution in [0, 0.1) is 0 Å². The summed E-state index contributed by atoms with van der Waals surface area (Å²) in [5.74, 6) is -0.106. The third kappa shape index (κ3) is 4.31. The van der Waals surface area contributed by atoms with Gasteiger partial charge in [0.05, 0.1) is 10.6 Å². The van der Waals surface area contributed by atoms with Gasteiger partial charge in [0.25, 0.3) is 5.91 Å². The van der Waals surface area contributed by atoms with E-state index in [9.17, 15) is 4.79 Å². The number of nitrogens with one attached hydrogen (secondary N) is 1. The molecule has 0 radical (unpaired) electrons. The van der Waals surface area contributed by atoms with Crippen LogP contribution >= 0.6 is 11.8 Å². The first-order valence-electron chi connectivity index (χ1n) is 8.21. The van der Waals surface area contributed by atoms with Crippen LogP contribution in [0.4, 0.5) is 11.4 Å². The van der Waals surface area contributed by atoms with Crippen molar-refractivity contribution in [3.63, 3.8) is 0 Å². The molecule has 0 spiro atoms. The van der Waals surface area contributed by atoms with Gasteiger partial charge in [-0.2, -0.15) is 0 Å². The number of nitrogens with zero attached hydrogens (tertiary/aromatic N) is 2. The first-order valence-corrected chi connectivity index (χ1v) is 9.02. The molecule has 4 nitrogen and oxygen atoms in total. The van der Waals surface area contributed by atoms with Crippen molar-refractivity contribution in [2.24, 2.45) is 4.99 Å². The Morgan fingerprint density at radius 1 is 1.08 bits per heavy atom. The summed E-state index contributed by atoms with van der Waals surface area (Å²) in [6.07, 6.45) is 2.89. The third-order valence-corrected chi connectivity index (χ3v) is 4.84. The quantitative estimate of drug-likeness (QED) is 0.840. The van der Waals surface area contributed by atoms with E-state index in [1.54, 1.807) is 0 Å². The Balaban J connectivity index is 1.76. The third-order valence-electron chi connectivity index (χ3n) is 3.93. The minimum atomic E-state index is -0.106. The number of amides is 1. The number of hydrogen-bond donors (Lipinski definition) is 1. The summed E-state index contributed by atoms with van der Waals surface area (Å²) in [7, 11) is 4.01. The number of aryl methyl sites for hydroxylation is 1. The second-order valence-electron chi connectivity index (χ2n) is 5.99. The van der Waals surface area contributed by atoms with E-state index in [-0.39, 0.29) is 5.91 Å². The van der Waals surface area contributed by atoms with E-state index >= 15 is 0 Å². The summed E-state index contributed by atoms with van der Waals surface area (Å²) < 4.78 is 0. The Morgan fingerprint density at radius 2 is 1.76 bits per heavy atom. The topological polar surface area (TPSA) is 44.7 Å². The number of hydrogen-bond acceptors (Lipinski definition) is 4. The highest BCUT2D eigenvalue weighted by Crippen LogP contribution is 2.28. The molecule has 128 valence electrons. The lowest BCUT2D eigenvalue weighted by molar-refractivity contribution is -0.115. The van der Waals surface area contributed by atoms with Gasteiger partial charge in [0.2, 0.25) is 0 Å². The van der Waals surface area contributed by atoms with Crippen molar-refractivity contribution in [1.82, 2.24) is 5.32 Å². The van der Waals surface area contributed by atoms with Gasteiger partial charge in [-0.05, 0) is 59.7 Å². The number of amidine groups is 1. The van der Waals surface area contributed by atoms with E-state index in [0.717, 1.165) is 23.4 Å². The number of rotatable bonds is 4. The lowest BCUT2D eigenvalue weighted by atomic mass is 10.2. The summed E-state index contributed by atoms with van der Waals surface area (Å²) in [4.78, 5) is 19.4. The van der Waals surface area contributed by atoms with Crippen LogP contribution < -0.4 is 10.2 Å². The molecule has 1 amide bonds. The predicted molar refractivity (Wildman–Crippen MR) is 107 cm³/mol. The number of aliphatic imine (C=N–C) groups is 1. The molecular weight excluding hydrogens is 330 g/mol. The van der Waals surface area contributed by atoms with Crippen LogP contribution in [0.5, 0.6) is 0 Å². The monoisotopic (exact) mass is 351 g/mol. The summed E-state index contributed by atoms with van der Waals surface area (Å²) in [5.41, 5.74) is 4.24. The SMILES string of the molecule is CCc1ccc(N=C2NC(=O)C(=Cc3ccc(N(C)C)cc3)S2)cc1. The summed E-state index contributed by atoms with van der Waals surface area (Å²) in [5, 5.41) is 3.44. The number of benzene rings is 2. The van der Waals surface area contributed by atoms with Crippen molar-refractivity contribution in [3.05, 3.63) is 64.6 Å². The summed E-state index contributed by atoms with van der Waals surface area (Å²) in [6.45, 7) is 2.12. The van der Waals surface area contributed by atoms with E-state index < -0.39 is 0 Å². The van der Waals surface area contributed by atoms with Gasteiger partial charge in [0, 0.05) is 19.8 Å². The average Bonchev–Trinajstić information content (AvgIpc) is 2.95. The van der Waals surface area contributed by atoms with Crippen LogP contribution in [0.3, 0.4) is 0 Å². The maximum absolute atomic E-state index is 12.2. The number of thioether (sulfide) groups is 1. The molecule has 0 aromatic heterocycles. The molecule has 5 heteroatoms. The van der Waals surface area contributed by atoms with E-state index in [1.165, 1.54) is 17.3 Å². The molecule has 0 unspecified atom stereocenters. The van der Waals surface area contributed by atoms with Gasteiger partial charge < -0.3 is 10.2 Å². The van der Waals surface area contributed by atoms with Crippen LogP contribution in [-0.4, -0.2) is 25.2 Å². The van der Waals surface area contributed by atoms with Gasteiger partial charge in [-0.25, -0.2) is 4.99 Å². The minimum absolute atomic E-state index is 0.106. The van der Waals surface area contributed by atoms with Crippen LogP contribution in [0.2, 0.25) is 0 Å². The molecule has 0 saturated carbocycles. The molecule has 3 rings (SSSR count). The fraction of sp³-hybridized carbons (Fsp3) is 0.200. The zero-order chi connectivity index (χ0) is 17.8. The molecule has 25 heavy (non-hydrogen) atoms. The summed E-state index contributed by atoms with van der Waals surface area (Å²) >= 11 is 1.37. The van der Waals surface area contributed by atoms with Crippen molar-refractivity contribution in [3.8, 4) is 0 Å². The maximum atomic E-state index is 12.2. The van der Waals surface area contributed by atoms with E-state index in [0.29, 0.717) is 10.1 Å². The van der Waals surface area contributed by atoms with Gasteiger partial charge in [0.1, 0.15) is 0 Å². The Bertz CT molecular complexity index is 821. The van der Waals surface area contributed by atoms with Crippen LogP contribution in [0.1, 0.15) is 18.1 Å². The predicted octanol–water partition coefficient (Wildman–Crippen LogP) is 4.21. The first kappa shape index (κ1) is 17.3. The molecule has 1 saturated heterocycles. The number of carbonyl (C=O) groups excluding carboxylic acids is 1. The smallest absolute Gasteiger partial charge is 0.264 e. The molecule has 0 bridgehead atoms. The van der Waals surface area contributed by atoms with E-state index in [1.807, 2.05) is 61.5 Å². The van der Waals surface area contributed by atoms with E-state index in [2.05, 4.69) is 29.4 Å². The standard InChI is InChI=1S/C20H21N3OS/c1-4-14-5-9-16(10-6-14)21-20-22-19(24)18(25-20)13-15-7-11-17(12-8-15)23(2)3/h5-13H,4H2,1-3H3,(H,21,22,24). The lowest BCUT2D eigenvalue weighted by Gasteiger charge is -2.11. The van der Waals surface area contributed by atoms with Crippen molar-refractivity contribution in [1.29, 1.82) is 0 Å². The fourth-order valence-electron chi connectivity index (χ4n) is 2.42. The highest BCUT2D eigenvalue weighted by molar-refractivity contribution is 8.18. The Hall–Kier alpha value is -2.53. The van der Waals surface area contributed by atoms with Crippen molar-refractivity contribution in [2.75, 3.05) is 19.0 Å². The zero-order valence-electron chi connectivity index (χ0n) is 14.6. The van der Waals surface area contributed by atoms with Crippen LogP contribution in [-0.2, 0) is 11.2 Å². The molecular formula is C20H21N3OS. The van der Waals surface area contributed by atoms with Crippen LogP contribution in [0.25, 0.3) is 6.08 Å². The lowest BCUT2D eigenvalue weighted by Crippen LogP contribution is -2.19. The first-order chi connectivity index (χ1) is 12.0. The van der Waals surface area contributed by atoms with Gasteiger partial charge in [-0.3, -0.25) is 4.79 Å². The molecule has 0 atom stereocenters. The molecule has 0 aliphatic carbocycles. The van der Waals surface area contributed by atoms with Gasteiger partial charge in [0.15, 0.2) is 5.17 Å². The van der Waals surface area contributed by atoms with Gasteiger partial charge >= 0.3 is 0 Å². The molecule has 1 aliphatic rings. The fourth-order valence-corrected chi connectivity index (χ4v) is 3.27. The second-order valence-corrected chi connectivity index (χ2v) is 7.02. The molecule has 1 fully saturated rings. The minimum Gasteiger partial charge on any atom is -0.378 e. The Kier molecular flexibility index (Phi) is 5.24. The largest absolute Gasteiger partial charge is 0.378 e. The Labute approximate surface area is 152 Å². The number of anilines is 1. The van der Waals surface area contributed by atoms with Crippen molar-refractivity contribution < 1.29 is 4.79 Å². The molecule has 1 aliphatic heterocycles. The van der Waals surface area contributed by atoms with Gasteiger partial charge in [-0.15, -0.1) is 0 Å². The highest BCUT2D eigenvalue weighted by Gasteiger charge is 2.23. The average molecular weight is 351 g/mol. The molecule has 2 aromatic carbocycles. The van der Waals surface area contributed by atoms with Crippen LogP contribution in [0.15, 0.2) is 58.4 Å². The summed E-state index contributed by atoms with van der Waals surface area (Å²) in [6, 6.07) is 16.2. The van der Waals surface area contributed by atoms with Gasteiger partial charge in [-0.1, -0.05) is 31.2 Å². The highest BCUT2D eigenvalue weighted by atomic mass is 32.2. The molecule has 1 heterocycles. The van der Waals surface area contributed by atoms with Crippen molar-refractivity contribution >= 4 is 40.3 Å². The zero-order valence-corrected chi connectivity index (χ0v) is 15.4. The second kappa shape index (κ2) is 7.57. The molecule has 1 N–H and O–H groups in total. The van der Waals surface area contributed by atoms with E-state index in [4.69, 9.17) is 0 Å².